The average Bonchev–Trinajstić information content (AvgIpc) is 2.02. The van der Waals surface area contributed by atoms with Crippen LogP contribution in [0.3, 0.4) is 0 Å². The number of thiol groups is 1. The fourth-order valence-corrected chi connectivity index (χ4v) is 2.42. The van der Waals surface area contributed by atoms with Crippen molar-refractivity contribution in [2.24, 2.45) is 0 Å². The Hall–Kier alpha value is 2.68. The molecule has 0 saturated carbocycles. The second-order valence-corrected chi connectivity index (χ2v) is 5.56. The van der Waals surface area contributed by atoms with Gasteiger partial charge in [0.1, 0.15) is 4.32 Å². The first kappa shape index (κ1) is 21.0. The van der Waals surface area contributed by atoms with Gasteiger partial charge in [0.05, 0.1) is 4.90 Å². The van der Waals surface area contributed by atoms with Gasteiger partial charge in [0.25, 0.3) is 10.0 Å². The van der Waals surface area contributed by atoms with Gasteiger partial charge < -0.3 is 0 Å². The van der Waals surface area contributed by atoms with Crippen molar-refractivity contribution in [1.29, 1.82) is 0 Å². The Kier molecular flexibility index (Phi) is 12.5. The van der Waals surface area contributed by atoms with Gasteiger partial charge in [-0.15, -0.1) is 12.6 Å². The normalized spacial score (nSPS) is 9.62. The maximum atomic E-state index is 11.5. The molecule has 1 N–H and O–H groups in total. The fraction of sp³-hybridized carbons (Fsp3) is 0.125. The summed E-state index contributed by atoms with van der Waals surface area (Å²) in [5.74, 6) is 0. The Labute approximate surface area is 192 Å². The van der Waals surface area contributed by atoms with E-state index in [0.717, 1.165) is 5.56 Å². The number of nitrogens with one attached hydrogen (secondary N) is 1. The van der Waals surface area contributed by atoms with Crippen LogP contribution in [0.5, 0.6) is 0 Å². The molecule has 0 atom stereocenters. The van der Waals surface area contributed by atoms with E-state index in [1.807, 2.05) is 6.92 Å². The number of benzene rings is 1. The molecule has 0 aliphatic rings. The number of aryl methyl sites for hydroxylation is 1. The molecule has 2 radical (unpaired) electrons. The minimum atomic E-state index is -3.54. The third kappa shape index (κ3) is 7.32. The Morgan fingerprint density at radius 3 is 2.06 bits per heavy atom. The van der Waals surface area contributed by atoms with Crippen LogP contribution in [0, 0.1) is 6.92 Å². The third-order valence-electron chi connectivity index (χ3n) is 1.55. The smallest absolute Gasteiger partial charge is 0.262 e. The van der Waals surface area contributed by atoms with E-state index < -0.39 is 10.0 Å². The molecule has 1 aromatic rings. The molecule has 0 fully saturated rings. The van der Waals surface area contributed by atoms with Crippen molar-refractivity contribution in [1.82, 2.24) is 4.72 Å². The number of thiocarbonyl (C=S) groups is 1. The van der Waals surface area contributed by atoms with Crippen LogP contribution in [0.2, 0.25) is 0 Å². The summed E-state index contributed by atoms with van der Waals surface area (Å²) in [6.07, 6.45) is 0. The van der Waals surface area contributed by atoms with Crippen LogP contribution in [0.25, 0.3) is 0 Å². The second-order valence-electron chi connectivity index (χ2n) is 2.72. The zero-order valence-corrected chi connectivity index (χ0v) is 18.2. The van der Waals surface area contributed by atoms with Gasteiger partial charge in [0.15, 0.2) is 0 Å². The van der Waals surface area contributed by atoms with E-state index in [9.17, 15) is 8.42 Å². The molecule has 0 aliphatic heterocycles. The molecule has 0 spiro atoms. The molecule has 0 aliphatic carbocycles. The van der Waals surface area contributed by atoms with Crippen molar-refractivity contribution in [2.45, 2.75) is 11.8 Å². The predicted molar refractivity (Wildman–Crippen MR) is 74.6 cm³/mol. The molecule has 78 valence electrons. The average molecular weight is 326 g/mol. The first-order valence-electron chi connectivity index (χ1n) is 3.74. The van der Waals surface area contributed by atoms with E-state index >= 15 is 0 Å². The van der Waals surface area contributed by atoms with Crippen molar-refractivity contribution in [2.75, 3.05) is 0 Å². The first-order valence-corrected chi connectivity index (χ1v) is 6.08. The van der Waals surface area contributed by atoms with E-state index in [0.29, 0.717) is 0 Å². The molecule has 0 bridgehead atoms. The number of sulfonamides is 1. The van der Waals surface area contributed by atoms with Crippen molar-refractivity contribution in [3.63, 3.8) is 0 Å². The predicted octanol–water partition coefficient (Wildman–Crippen LogP) is 0.726. The summed E-state index contributed by atoms with van der Waals surface area (Å²) in [4.78, 5) is 0.180. The van der Waals surface area contributed by atoms with Crippen LogP contribution < -0.4 is 4.72 Å². The van der Waals surface area contributed by atoms with E-state index in [1.165, 1.54) is 12.1 Å². The monoisotopic (exact) mass is 325 g/mol. The third-order valence-corrected chi connectivity index (χ3v) is 3.41. The molecule has 0 aromatic heterocycles. The van der Waals surface area contributed by atoms with E-state index in [-0.39, 0.29) is 112 Å². The summed E-state index contributed by atoms with van der Waals surface area (Å²) >= 11 is 8.25. The van der Waals surface area contributed by atoms with E-state index in [4.69, 9.17) is 0 Å². The van der Waals surface area contributed by atoms with Gasteiger partial charge in [0.2, 0.25) is 0 Å². The van der Waals surface area contributed by atoms with Gasteiger partial charge >= 0.3 is 0 Å². The minimum absolute atomic E-state index is 0. The minimum Gasteiger partial charge on any atom is -0.265 e. The van der Waals surface area contributed by atoms with Crippen LogP contribution in [0.15, 0.2) is 29.2 Å². The van der Waals surface area contributed by atoms with Crippen molar-refractivity contribution >= 4 is 142 Å². The number of rotatable bonds is 2. The van der Waals surface area contributed by atoms with Gasteiger partial charge in [-0.3, -0.25) is 4.72 Å². The molecule has 1 rings (SSSR count). The summed E-state index contributed by atoms with van der Waals surface area (Å²) < 4.78 is 25.1. The van der Waals surface area contributed by atoms with Crippen molar-refractivity contribution in [3.05, 3.63) is 29.8 Å². The Morgan fingerprint density at radius 1 is 1.25 bits per heavy atom. The topological polar surface area (TPSA) is 46.2 Å². The summed E-state index contributed by atoms with van der Waals surface area (Å²) in [5.41, 5.74) is 0.998. The SMILES string of the molecule is Cc1ccc(S(=O)(=O)NC(=S)S)cc1.[K].[K]. The maximum Gasteiger partial charge on any atom is 0.262 e. The van der Waals surface area contributed by atoms with Gasteiger partial charge in [0, 0.05) is 103 Å². The Balaban J connectivity index is 0. The zero-order chi connectivity index (χ0) is 10.8. The Bertz CT molecular complexity index is 445. The maximum absolute atomic E-state index is 11.5. The van der Waals surface area contributed by atoms with Gasteiger partial charge in [-0.25, -0.2) is 8.42 Å². The molecule has 1 aromatic carbocycles. The summed E-state index contributed by atoms with van der Waals surface area (Å²) in [7, 11) is -3.54. The van der Waals surface area contributed by atoms with E-state index in [1.54, 1.807) is 12.1 Å². The van der Waals surface area contributed by atoms with Crippen LogP contribution in [-0.2, 0) is 10.0 Å². The summed E-state index contributed by atoms with van der Waals surface area (Å²) in [5, 5.41) is 0. The van der Waals surface area contributed by atoms with Crippen LogP contribution in [0.4, 0.5) is 0 Å². The number of hydrogen-bond donors (Lipinski definition) is 2. The fourth-order valence-electron chi connectivity index (χ4n) is 0.891. The van der Waals surface area contributed by atoms with Crippen molar-refractivity contribution in [3.8, 4) is 0 Å². The molecule has 0 unspecified atom stereocenters. The molecular weight excluding hydrogens is 316 g/mol. The second kappa shape index (κ2) is 9.57. The van der Waals surface area contributed by atoms with Crippen molar-refractivity contribution < 1.29 is 8.42 Å². The van der Waals surface area contributed by atoms with Crippen LogP contribution in [0.1, 0.15) is 5.56 Å². The molecule has 0 heterocycles. The molecule has 8 heteroatoms. The Morgan fingerprint density at radius 2 is 1.69 bits per heavy atom. The standard InChI is InChI=1S/C8H9NO2S3.2K/c1-6-2-4-7(5-3-6)14(10,11)9-8(12)13;;/h2-5H,1H3,(H2,9,12,13);;. The van der Waals surface area contributed by atoms with Gasteiger partial charge in [-0.1, -0.05) is 29.9 Å². The quantitative estimate of drug-likeness (QED) is 0.479. The zero-order valence-electron chi connectivity index (χ0n) is 9.39. The van der Waals surface area contributed by atoms with Crippen LogP contribution in [-0.4, -0.2) is 116 Å². The summed E-state index contributed by atoms with van der Waals surface area (Å²) in [6.45, 7) is 1.88. The first-order chi connectivity index (χ1) is 6.42. The van der Waals surface area contributed by atoms with E-state index in [2.05, 4.69) is 29.6 Å². The molecular formula is C8H9K2NO2S3. The summed E-state index contributed by atoms with van der Waals surface area (Å²) in [6, 6.07) is 6.47. The largest absolute Gasteiger partial charge is 0.265 e. The molecule has 0 amide bonds. The molecule has 0 saturated heterocycles. The van der Waals surface area contributed by atoms with Crippen LogP contribution >= 0.6 is 24.8 Å². The van der Waals surface area contributed by atoms with Gasteiger partial charge in [-0.2, -0.15) is 0 Å². The molecule has 3 nitrogen and oxygen atoms in total. The number of hydrogen-bond acceptors (Lipinski definition) is 3. The van der Waals surface area contributed by atoms with Gasteiger partial charge in [-0.05, 0) is 19.1 Å². The molecule has 16 heavy (non-hydrogen) atoms.